The highest BCUT2D eigenvalue weighted by Crippen LogP contribution is 2.28. The van der Waals surface area contributed by atoms with Gasteiger partial charge in [-0.2, -0.15) is 0 Å². The highest BCUT2D eigenvalue weighted by molar-refractivity contribution is 6.34. The number of carbonyl (C=O) groups is 1. The fourth-order valence-electron chi connectivity index (χ4n) is 1.68. The SMILES string of the molecule is Nc1c(Cl)cc([N+](=O)[O-])cc1C(=O)NCc1cccnc1. The molecule has 0 saturated carbocycles. The van der Waals surface area contributed by atoms with Gasteiger partial charge in [0.25, 0.3) is 11.6 Å². The van der Waals surface area contributed by atoms with E-state index in [1.165, 1.54) is 0 Å². The van der Waals surface area contributed by atoms with Gasteiger partial charge in [0.1, 0.15) is 0 Å². The molecule has 1 aromatic heterocycles. The molecule has 0 spiro atoms. The number of nitrogen functional groups attached to an aromatic ring is 1. The molecule has 0 atom stereocenters. The molecule has 3 N–H and O–H groups in total. The number of rotatable bonds is 4. The number of nitrogens with one attached hydrogen (secondary N) is 1. The maximum atomic E-state index is 12.1. The van der Waals surface area contributed by atoms with Gasteiger partial charge < -0.3 is 11.1 Å². The second-order valence-corrected chi connectivity index (χ2v) is 4.60. The number of nitro groups is 1. The molecule has 0 saturated heterocycles. The van der Waals surface area contributed by atoms with E-state index in [2.05, 4.69) is 10.3 Å². The number of non-ortho nitro benzene ring substituents is 1. The first kappa shape index (κ1) is 14.7. The monoisotopic (exact) mass is 306 g/mol. The smallest absolute Gasteiger partial charge is 0.271 e. The van der Waals surface area contributed by atoms with Gasteiger partial charge in [0, 0.05) is 31.1 Å². The third-order valence-corrected chi connectivity index (χ3v) is 3.06. The van der Waals surface area contributed by atoms with Crippen molar-refractivity contribution in [3.05, 3.63) is 62.9 Å². The molecule has 0 fully saturated rings. The van der Waals surface area contributed by atoms with Crippen LogP contribution in [0.5, 0.6) is 0 Å². The Kier molecular flexibility index (Phi) is 4.34. The van der Waals surface area contributed by atoms with Gasteiger partial charge in [-0.15, -0.1) is 0 Å². The predicted molar refractivity (Wildman–Crippen MR) is 77.9 cm³/mol. The number of halogens is 1. The summed E-state index contributed by atoms with van der Waals surface area (Å²) in [4.78, 5) is 26.1. The van der Waals surface area contributed by atoms with Gasteiger partial charge in [-0.3, -0.25) is 19.9 Å². The average molecular weight is 307 g/mol. The van der Waals surface area contributed by atoms with Crippen molar-refractivity contribution in [2.75, 3.05) is 5.73 Å². The summed E-state index contributed by atoms with van der Waals surface area (Å²) < 4.78 is 0. The largest absolute Gasteiger partial charge is 0.397 e. The summed E-state index contributed by atoms with van der Waals surface area (Å²) in [5.74, 6) is -0.540. The molecule has 0 bridgehead atoms. The van der Waals surface area contributed by atoms with E-state index in [9.17, 15) is 14.9 Å². The number of carbonyl (C=O) groups excluding carboxylic acids is 1. The van der Waals surface area contributed by atoms with Crippen molar-refractivity contribution in [3.8, 4) is 0 Å². The molecule has 21 heavy (non-hydrogen) atoms. The Hall–Kier alpha value is -2.67. The molecule has 0 aliphatic rings. The zero-order valence-electron chi connectivity index (χ0n) is 10.7. The van der Waals surface area contributed by atoms with E-state index in [1.807, 2.05) is 0 Å². The van der Waals surface area contributed by atoms with Gasteiger partial charge in [0.2, 0.25) is 0 Å². The third-order valence-electron chi connectivity index (χ3n) is 2.75. The normalized spacial score (nSPS) is 10.1. The van der Waals surface area contributed by atoms with Crippen molar-refractivity contribution in [1.29, 1.82) is 0 Å². The van der Waals surface area contributed by atoms with Gasteiger partial charge >= 0.3 is 0 Å². The van der Waals surface area contributed by atoms with E-state index in [-0.39, 0.29) is 28.5 Å². The predicted octanol–water partition coefficient (Wildman–Crippen LogP) is 2.16. The lowest BCUT2D eigenvalue weighted by atomic mass is 10.1. The summed E-state index contributed by atoms with van der Waals surface area (Å²) >= 11 is 5.80. The van der Waals surface area contributed by atoms with E-state index in [0.29, 0.717) is 0 Å². The summed E-state index contributed by atoms with van der Waals surface area (Å²) in [6, 6.07) is 5.73. The minimum atomic E-state index is -0.636. The molecule has 1 aromatic carbocycles. The summed E-state index contributed by atoms with van der Waals surface area (Å²) in [6.07, 6.45) is 3.22. The summed E-state index contributed by atoms with van der Waals surface area (Å²) in [6.45, 7) is 0.229. The van der Waals surface area contributed by atoms with Crippen molar-refractivity contribution in [3.63, 3.8) is 0 Å². The van der Waals surface area contributed by atoms with Crippen LogP contribution in [0.4, 0.5) is 11.4 Å². The summed E-state index contributed by atoms with van der Waals surface area (Å²) in [5.41, 5.74) is 6.17. The number of pyridine rings is 1. The van der Waals surface area contributed by atoms with E-state index in [4.69, 9.17) is 17.3 Å². The van der Waals surface area contributed by atoms with Crippen LogP contribution >= 0.6 is 11.6 Å². The van der Waals surface area contributed by atoms with Crippen LogP contribution in [0.25, 0.3) is 0 Å². The number of hydrogen-bond acceptors (Lipinski definition) is 5. The number of amides is 1. The highest BCUT2D eigenvalue weighted by atomic mass is 35.5. The Balaban J connectivity index is 2.21. The summed E-state index contributed by atoms with van der Waals surface area (Å²) in [5, 5.41) is 13.4. The van der Waals surface area contributed by atoms with Crippen molar-refractivity contribution < 1.29 is 9.72 Å². The number of hydrogen-bond donors (Lipinski definition) is 2. The van der Waals surface area contributed by atoms with Gasteiger partial charge in [-0.1, -0.05) is 17.7 Å². The van der Waals surface area contributed by atoms with Crippen molar-refractivity contribution in [2.45, 2.75) is 6.54 Å². The molecule has 1 heterocycles. The fraction of sp³-hybridized carbons (Fsp3) is 0.0769. The molecule has 0 aliphatic heterocycles. The molecule has 1 amide bonds. The van der Waals surface area contributed by atoms with E-state index in [1.54, 1.807) is 24.5 Å². The standard InChI is InChI=1S/C13H11ClN4O3/c14-11-5-9(18(20)21)4-10(12(11)15)13(19)17-7-8-2-1-3-16-6-8/h1-6H,7,15H2,(H,17,19). The van der Waals surface area contributed by atoms with Gasteiger partial charge in [0.05, 0.1) is 21.2 Å². The van der Waals surface area contributed by atoms with Crippen LogP contribution < -0.4 is 11.1 Å². The maximum Gasteiger partial charge on any atom is 0.271 e. The number of nitro benzene ring substituents is 1. The third kappa shape index (κ3) is 3.46. The second-order valence-electron chi connectivity index (χ2n) is 4.19. The molecular formula is C13H11ClN4O3. The lowest BCUT2D eigenvalue weighted by Crippen LogP contribution is -2.24. The topological polar surface area (TPSA) is 111 Å². The molecule has 108 valence electrons. The number of aromatic nitrogens is 1. The highest BCUT2D eigenvalue weighted by Gasteiger charge is 2.18. The fourth-order valence-corrected chi connectivity index (χ4v) is 1.89. The van der Waals surface area contributed by atoms with Crippen LogP contribution in [0, 0.1) is 10.1 Å². The number of nitrogens with two attached hydrogens (primary N) is 1. The lowest BCUT2D eigenvalue weighted by molar-refractivity contribution is -0.384. The van der Waals surface area contributed by atoms with E-state index >= 15 is 0 Å². The van der Waals surface area contributed by atoms with Crippen molar-refractivity contribution in [2.24, 2.45) is 0 Å². The van der Waals surface area contributed by atoms with Gasteiger partial charge in [-0.05, 0) is 11.6 Å². The van der Waals surface area contributed by atoms with Gasteiger partial charge in [0.15, 0.2) is 0 Å². The lowest BCUT2D eigenvalue weighted by Gasteiger charge is -2.08. The van der Waals surface area contributed by atoms with Crippen LogP contribution in [0.1, 0.15) is 15.9 Å². The molecule has 2 aromatic rings. The quantitative estimate of drug-likeness (QED) is 0.511. The molecule has 8 heteroatoms. The van der Waals surface area contributed by atoms with Crippen molar-refractivity contribution in [1.82, 2.24) is 10.3 Å². The minimum Gasteiger partial charge on any atom is -0.397 e. The number of benzene rings is 1. The first-order chi connectivity index (χ1) is 9.99. The Labute approximate surface area is 124 Å². The molecule has 2 rings (SSSR count). The Bertz CT molecular complexity index is 691. The number of nitrogens with zero attached hydrogens (tertiary/aromatic N) is 2. The summed E-state index contributed by atoms with van der Waals surface area (Å²) in [7, 11) is 0. The molecule has 0 radical (unpaired) electrons. The van der Waals surface area contributed by atoms with Crippen LogP contribution in [-0.4, -0.2) is 15.8 Å². The van der Waals surface area contributed by atoms with Crippen LogP contribution in [-0.2, 0) is 6.54 Å². The second kappa shape index (κ2) is 6.19. The van der Waals surface area contributed by atoms with E-state index in [0.717, 1.165) is 17.7 Å². The first-order valence-electron chi connectivity index (χ1n) is 5.89. The average Bonchev–Trinajstić information content (AvgIpc) is 2.48. The maximum absolute atomic E-state index is 12.1. The Morgan fingerprint density at radius 2 is 2.24 bits per heavy atom. The first-order valence-corrected chi connectivity index (χ1v) is 6.27. The van der Waals surface area contributed by atoms with E-state index < -0.39 is 10.8 Å². The van der Waals surface area contributed by atoms with Crippen LogP contribution in [0.15, 0.2) is 36.7 Å². The van der Waals surface area contributed by atoms with Crippen LogP contribution in [0.2, 0.25) is 5.02 Å². The number of anilines is 1. The minimum absolute atomic E-state index is 0.00551. The Morgan fingerprint density at radius 3 is 2.86 bits per heavy atom. The zero-order chi connectivity index (χ0) is 15.4. The molecule has 0 unspecified atom stereocenters. The van der Waals surface area contributed by atoms with Crippen molar-refractivity contribution >= 4 is 28.9 Å². The zero-order valence-corrected chi connectivity index (χ0v) is 11.5. The molecular weight excluding hydrogens is 296 g/mol. The van der Waals surface area contributed by atoms with Crippen LogP contribution in [0.3, 0.4) is 0 Å². The van der Waals surface area contributed by atoms with Gasteiger partial charge in [-0.25, -0.2) is 0 Å². The Morgan fingerprint density at radius 1 is 1.48 bits per heavy atom. The molecule has 0 aliphatic carbocycles. The molecule has 7 nitrogen and oxygen atoms in total.